The summed E-state index contributed by atoms with van der Waals surface area (Å²) < 4.78 is 18.6. The summed E-state index contributed by atoms with van der Waals surface area (Å²) in [5.41, 5.74) is 5.91. The largest absolute Gasteiger partial charge is 0.444 e. The first-order chi connectivity index (χ1) is 22.2. The van der Waals surface area contributed by atoms with Crippen LogP contribution in [-0.2, 0) is 41.6 Å². The molecule has 0 fully saturated rings. The number of nitrogens with two attached hydrogens (primary N) is 1. The number of hydrogen-bond acceptors (Lipinski definition) is 8. The first-order valence-corrected chi connectivity index (χ1v) is 16.3. The molecule has 0 saturated heterocycles. The van der Waals surface area contributed by atoms with Crippen molar-refractivity contribution in [3.8, 4) is 0 Å². The number of benzene rings is 2. The monoisotopic (exact) mass is 674 g/mol. The molecule has 3 atom stereocenters. The van der Waals surface area contributed by atoms with E-state index in [-0.39, 0.29) is 12.8 Å². The van der Waals surface area contributed by atoms with Crippen LogP contribution < -0.4 is 32.3 Å². The molecule has 7 N–H and O–H groups in total. The molecular weight excluding hydrogens is 631 g/mol. The summed E-state index contributed by atoms with van der Waals surface area (Å²) in [6.07, 6.45) is 1.39. The number of carbonyl (C=O) groups excluding carboxylic acids is 6. The fourth-order valence-electron chi connectivity index (χ4n) is 4.15. The molecule has 13 nitrogen and oxygen atoms in total. The minimum Gasteiger partial charge on any atom is -0.444 e. The Bertz CT molecular complexity index is 1370. The normalized spacial score (nSPS) is 12.9. The van der Waals surface area contributed by atoms with Crippen LogP contribution in [0.25, 0.3) is 0 Å². The Balaban J connectivity index is 1.99. The van der Waals surface area contributed by atoms with Gasteiger partial charge >= 0.3 is 6.09 Å². The Hall–Kier alpha value is -4.66. The maximum Gasteiger partial charge on any atom is 0.408 e. The minimum atomic E-state index is -1.16. The summed E-state index contributed by atoms with van der Waals surface area (Å²) in [5.74, 6) is -3.34. The molecule has 0 unspecified atom stereocenters. The average molecular weight is 675 g/mol. The molecule has 0 aliphatic carbocycles. The van der Waals surface area contributed by atoms with Crippen molar-refractivity contribution in [1.29, 1.82) is 0 Å². The van der Waals surface area contributed by atoms with Crippen molar-refractivity contribution in [2.45, 2.75) is 63.8 Å². The van der Waals surface area contributed by atoms with Gasteiger partial charge in [0.05, 0.1) is 13.1 Å². The third-order valence-corrected chi connectivity index (χ3v) is 7.08. The number of primary amides is 1. The van der Waals surface area contributed by atoms with Crippen LogP contribution in [0, 0.1) is 5.82 Å². The SMILES string of the molecule is CSCC[C@H](NC(=O)[C@H](Cc1ccccc1)NC(=O)CNC(=O)CNC(=O)[C@H](Cc1ccc(F)cc1)NC(=O)OC(C)(C)C)C(N)=O. The predicted molar refractivity (Wildman–Crippen MR) is 175 cm³/mol. The Morgan fingerprint density at radius 2 is 1.34 bits per heavy atom. The molecule has 0 aromatic heterocycles. The number of nitrogens with one attached hydrogen (secondary N) is 5. The standard InChI is InChI=1S/C32H43FN6O7S/c1-32(2,3)46-31(45)39-24(17-21-10-12-22(33)13-11-21)29(43)36-18-26(40)35-19-27(41)37-25(16-20-8-6-5-7-9-20)30(44)38-23(28(34)42)14-15-47-4/h5-13,23-25H,14-19H2,1-4H3,(H2,34,42)(H,35,40)(H,36,43)(H,37,41)(H,38,44)(H,39,45)/t23-,24-,25-/m0/s1. The molecule has 256 valence electrons. The number of ether oxygens (including phenoxy) is 1. The number of halogens is 1. The molecule has 0 bridgehead atoms. The smallest absolute Gasteiger partial charge is 0.408 e. The number of thioether (sulfide) groups is 1. The fraction of sp³-hybridized carbons (Fsp3) is 0.438. The number of rotatable bonds is 17. The highest BCUT2D eigenvalue weighted by molar-refractivity contribution is 7.98. The molecule has 2 aromatic carbocycles. The van der Waals surface area contributed by atoms with Crippen LogP contribution in [0.4, 0.5) is 9.18 Å². The zero-order chi connectivity index (χ0) is 35.0. The molecule has 0 aliphatic rings. The van der Waals surface area contributed by atoms with Crippen LogP contribution in [0.5, 0.6) is 0 Å². The maximum atomic E-state index is 13.4. The summed E-state index contributed by atoms with van der Waals surface area (Å²) in [5, 5.41) is 12.4. The fourth-order valence-corrected chi connectivity index (χ4v) is 4.62. The van der Waals surface area contributed by atoms with E-state index < -0.39 is 78.3 Å². The van der Waals surface area contributed by atoms with E-state index in [1.807, 2.05) is 6.26 Å². The van der Waals surface area contributed by atoms with Crippen molar-refractivity contribution in [2.75, 3.05) is 25.1 Å². The van der Waals surface area contributed by atoms with Crippen molar-refractivity contribution in [3.63, 3.8) is 0 Å². The number of carbonyl (C=O) groups is 6. The van der Waals surface area contributed by atoms with E-state index in [0.29, 0.717) is 17.7 Å². The van der Waals surface area contributed by atoms with E-state index in [1.165, 1.54) is 36.0 Å². The van der Waals surface area contributed by atoms with Crippen molar-refractivity contribution >= 4 is 47.4 Å². The van der Waals surface area contributed by atoms with Crippen LogP contribution in [0.2, 0.25) is 0 Å². The van der Waals surface area contributed by atoms with Crippen LogP contribution >= 0.6 is 11.8 Å². The Kier molecular flexibility index (Phi) is 15.7. The molecule has 0 heterocycles. The molecule has 0 radical (unpaired) electrons. The zero-order valence-corrected chi connectivity index (χ0v) is 27.7. The maximum absolute atomic E-state index is 13.4. The lowest BCUT2D eigenvalue weighted by atomic mass is 10.0. The van der Waals surface area contributed by atoms with Gasteiger partial charge in [0.1, 0.15) is 29.5 Å². The van der Waals surface area contributed by atoms with Crippen LogP contribution in [0.15, 0.2) is 54.6 Å². The van der Waals surface area contributed by atoms with E-state index >= 15 is 0 Å². The van der Waals surface area contributed by atoms with Crippen LogP contribution in [0.3, 0.4) is 0 Å². The number of alkyl carbamates (subject to hydrolysis) is 1. The van der Waals surface area contributed by atoms with Gasteiger partial charge in [0.2, 0.25) is 29.5 Å². The van der Waals surface area contributed by atoms with Crippen LogP contribution in [-0.4, -0.2) is 84.5 Å². The second-order valence-corrected chi connectivity index (χ2v) is 12.6. The second kappa shape index (κ2) is 19.1. The van der Waals surface area contributed by atoms with Gasteiger partial charge in [-0.2, -0.15) is 11.8 Å². The highest BCUT2D eigenvalue weighted by Crippen LogP contribution is 2.10. The lowest BCUT2D eigenvalue weighted by Crippen LogP contribution is -2.55. The Morgan fingerprint density at radius 3 is 1.91 bits per heavy atom. The van der Waals surface area contributed by atoms with Gasteiger partial charge in [0.15, 0.2) is 0 Å². The summed E-state index contributed by atoms with van der Waals surface area (Å²) in [4.78, 5) is 75.6. The van der Waals surface area contributed by atoms with Crippen molar-refractivity contribution in [1.82, 2.24) is 26.6 Å². The van der Waals surface area contributed by atoms with Gasteiger partial charge in [-0.1, -0.05) is 42.5 Å². The zero-order valence-electron chi connectivity index (χ0n) is 26.9. The molecule has 15 heteroatoms. The van der Waals surface area contributed by atoms with E-state index in [0.717, 1.165) is 5.56 Å². The lowest BCUT2D eigenvalue weighted by Gasteiger charge is -2.23. The van der Waals surface area contributed by atoms with Gasteiger partial charge in [-0.3, -0.25) is 24.0 Å². The lowest BCUT2D eigenvalue weighted by molar-refractivity contribution is -0.132. The Morgan fingerprint density at radius 1 is 0.766 bits per heavy atom. The van der Waals surface area contributed by atoms with E-state index in [4.69, 9.17) is 10.5 Å². The molecular formula is C32H43FN6O7S. The van der Waals surface area contributed by atoms with Crippen LogP contribution in [0.1, 0.15) is 38.3 Å². The van der Waals surface area contributed by atoms with E-state index in [2.05, 4.69) is 26.6 Å². The summed E-state index contributed by atoms with van der Waals surface area (Å²) in [7, 11) is 0. The molecule has 2 rings (SSSR count). The molecule has 0 spiro atoms. The Labute approximate surface area is 277 Å². The first-order valence-electron chi connectivity index (χ1n) is 14.9. The topological polar surface area (TPSA) is 198 Å². The van der Waals surface area contributed by atoms with Gasteiger partial charge in [-0.15, -0.1) is 0 Å². The van der Waals surface area contributed by atoms with E-state index in [9.17, 15) is 33.2 Å². The summed E-state index contributed by atoms with van der Waals surface area (Å²) in [6.45, 7) is 3.91. The molecule has 6 amide bonds. The quantitative estimate of drug-likeness (QED) is 0.143. The first kappa shape index (κ1) is 38.5. The summed E-state index contributed by atoms with van der Waals surface area (Å²) in [6, 6.07) is 11.1. The van der Waals surface area contributed by atoms with Gasteiger partial charge in [0, 0.05) is 12.8 Å². The van der Waals surface area contributed by atoms with Gasteiger partial charge in [-0.05, 0) is 62.5 Å². The van der Waals surface area contributed by atoms with Crippen molar-refractivity contribution in [2.24, 2.45) is 5.73 Å². The predicted octanol–water partition coefficient (Wildman–Crippen LogP) is 0.945. The van der Waals surface area contributed by atoms with Crippen molar-refractivity contribution < 1.29 is 37.9 Å². The highest BCUT2D eigenvalue weighted by Gasteiger charge is 2.27. The second-order valence-electron chi connectivity index (χ2n) is 11.6. The third kappa shape index (κ3) is 15.5. The van der Waals surface area contributed by atoms with Gasteiger partial charge in [-0.25, -0.2) is 9.18 Å². The minimum absolute atomic E-state index is 0.0197. The average Bonchev–Trinajstić information content (AvgIpc) is 3.00. The number of amides is 6. The molecule has 2 aromatic rings. The molecule has 47 heavy (non-hydrogen) atoms. The summed E-state index contributed by atoms with van der Waals surface area (Å²) >= 11 is 1.49. The van der Waals surface area contributed by atoms with Gasteiger partial charge in [0.25, 0.3) is 0 Å². The van der Waals surface area contributed by atoms with Gasteiger partial charge < -0.3 is 37.1 Å². The third-order valence-electron chi connectivity index (χ3n) is 6.43. The highest BCUT2D eigenvalue weighted by atomic mass is 32.2. The molecule has 0 saturated carbocycles. The number of hydrogen-bond donors (Lipinski definition) is 6. The van der Waals surface area contributed by atoms with Crippen molar-refractivity contribution in [3.05, 3.63) is 71.5 Å². The molecule has 0 aliphatic heterocycles. The van der Waals surface area contributed by atoms with E-state index in [1.54, 1.807) is 51.1 Å².